The molecule has 0 amide bonds. The van der Waals surface area contributed by atoms with Gasteiger partial charge in [0.25, 0.3) is 0 Å². The maximum atomic E-state index is 5.31. The van der Waals surface area contributed by atoms with Crippen LogP contribution in [0.1, 0.15) is 19.4 Å². The van der Waals surface area contributed by atoms with Crippen LogP contribution in [0.5, 0.6) is 0 Å². The summed E-state index contributed by atoms with van der Waals surface area (Å²) in [5.74, 6) is 0. The fourth-order valence-corrected chi connectivity index (χ4v) is 2.24. The maximum absolute atomic E-state index is 5.31. The second-order valence-corrected chi connectivity index (χ2v) is 5.49. The summed E-state index contributed by atoms with van der Waals surface area (Å²) < 4.78 is 5.31. The van der Waals surface area contributed by atoms with Crippen molar-refractivity contribution in [3.05, 3.63) is 29.8 Å². The molecule has 0 aliphatic carbocycles. The Morgan fingerprint density at radius 2 is 2.08 bits per heavy atom. The number of hydrogen-bond donors (Lipinski definition) is 0. The SMILES string of the molecule is Cc1cccc(SC(C)(C)OI)c1. The molecule has 0 bridgehead atoms. The van der Waals surface area contributed by atoms with E-state index in [1.807, 2.05) is 23.0 Å². The molecule has 3 heteroatoms. The van der Waals surface area contributed by atoms with E-state index in [1.165, 1.54) is 10.5 Å². The van der Waals surface area contributed by atoms with Crippen LogP contribution in [0.15, 0.2) is 29.2 Å². The zero-order valence-electron chi connectivity index (χ0n) is 8.00. The largest absolute Gasteiger partial charge is 0.298 e. The predicted molar refractivity (Wildman–Crippen MR) is 66.2 cm³/mol. The van der Waals surface area contributed by atoms with Crippen LogP contribution in [-0.2, 0) is 3.07 Å². The van der Waals surface area contributed by atoms with Gasteiger partial charge in [0.2, 0.25) is 0 Å². The summed E-state index contributed by atoms with van der Waals surface area (Å²) in [6.07, 6.45) is 0. The number of hydrogen-bond acceptors (Lipinski definition) is 2. The van der Waals surface area contributed by atoms with Crippen molar-refractivity contribution in [1.29, 1.82) is 0 Å². The Morgan fingerprint density at radius 3 is 2.62 bits per heavy atom. The molecule has 1 rings (SSSR count). The van der Waals surface area contributed by atoms with Crippen molar-refractivity contribution in [2.24, 2.45) is 0 Å². The summed E-state index contributed by atoms with van der Waals surface area (Å²) in [5.41, 5.74) is 1.29. The molecule has 0 radical (unpaired) electrons. The highest BCUT2D eigenvalue weighted by atomic mass is 127. The van der Waals surface area contributed by atoms with Crippen LogP contribution in [0.25, 0.3) is 0 Å². The molecule has 0 aliphatic heterocycles. The first-order valence-electron chi connectivity index (χ1n) is 4.09. The van der Waals surface area contributed by atoms with Gasteiger partial charge < -0.3 is 0 Å². The van der Waals surface area contributed by atoms with E-state index < -0.39 is 0 Å². The minimum atomic E-state index is -0.158. The van der Waals surface area contributed by atoms with Crippen molar-refractivity contribution in [2.45, 2.75) is 30.6 Å². The van der Waals surface area contributed by atoms with E-state index in [9.17, 15) is 0 Å². The molecule has 1 aromatic carbocycles. The molecule has 0 aliphatic rings. The summed E-state index contributed by atoms with van der Waals surface area (Å²) in [6.45, 7) is 6.22. The van der Waals surface area contributed by atoms with Gasteiger partial charge in [-0.1, -0.05) is 29.5 Å². The fraction of sp³-hybridized carbons (Fsp3) is 0.400. The zero-order valence-corrected chi connectivity index (χ0v) is 11.0. The fourth-order valence-electron chi connectivity index (χ4n) is 0.978. The third-order valence-corrected chi connectivity index (χ3v) is 4.00. The summed E-state index contributed by atoms with van der Waals surface area (Å²) >= 11 is 3.68. The van der Waals surface area contributed by atoms with Gasteiger partial charge in [0.1, 0.15) is 27.9 Å². The van der Waals surface area contributed by atoms with Crippen molar-refractivity contribution >= 4 is 34.8 Å². The summed E-state index contributed by atoms with van der Waals surface area (Å²) in [6, 6.07) is 8.44. The van der Waals surface area contributed by atoms with Crippen molar-refractivity contribution in [3.8, 4) is 0 Å². The molecule has 0 saturated heterocycles. The Morgan fingerprint density at radius 1 is 1.38 bits per heavy atom. The monoisotopic (exact) mass is 308 g/mol. The van der Waals surface area contributed by atoms with Gasteiger partial charge in [-0.15, -0.1) is 0 Å². The molecule has 0 spiro atoms. The Bertz CT molecular complexity index is 286. The molecule has 0 N–H and O–H groups in total. The van der Waals surface area contributed by atoms with E-state index in [2.05, 4.69) is 45.0 Å². The first-order valence-corrected chi connectivity index (χ1v) is 5.79. The van der Waals surface area contributed by atoms with Gasteiger partial charge in [0.15, 0.2) is 0 Å². The second-order valence-electron chi connectivity index (χ2n) is 3.40. The van der Waals surface area contributed by atoms with Crippen LogP contribution in [-0.4, -0.2) is 4.93 Å². The number of thioether (sulfide) groups is 1. The average Bonchev–Trinajstić information content (AvgIpc) is 2.03. The first kappa shape index (κ1) is 11.3. The van der Waals surface area contributed by atoms with Crippen LogP contribution >= 0.6 is 34.8 Å². The molecule has 0 aromatic heterocycles. The first-order chi connectivity index (χ1) is 6.03. The van der Waals surface area contributed by atoms with E-state index >= 15 is 0 Å². The molecule has 13 heavy (non-hydrogen) atoms. The quantitative estimate of drug-likeness (QED) is 0.470. The Labute approximate surface area is 97.9 Å². The second kappa shape index (κ2) is 4.66. The Balaban J connectivity index is 2.74. The smallest absolute Gasteiger partial charge is 0.125 e. The van der Waals surface area contributed by atoms with Gasteiger partial charge >= 0.3 is 0 Å². The number of aryl methyl sites for hydroxylation is 1. The lowest BCUT2D eigenvalue weighted by molar-refractivity contribution is 0.293. The highest BCUT2D eigenvalue weighted by Crippen LogP contribution is 2.34. The van der Waals surface area contributed by atoms with Gasteiger partial charge in [-0.2, -0.15) is 0 Å². The van der Waals surface area contributed by atoms with E-state index in [-0.39, 0.29) is 4.93 Å². The van der Waals surface area contributed by atoms with E-state index in [4.69, 9.17) is 3.07 Å². The number of halogens is 1. The molecule has 0 fully saturated rings. The zero-order chi connectivity index (χ0) is 9.90. The molecule has 1 nitrogen and oxygen atoms in total. The molecule has 0 saturated carbocycles. The maximum Gasteiger partial charge on any atom is 0.125 e. The highest BCUT2D eigenvalue weighted by Gasteiger charge is 2.18. The summed E-state index contributed by atoms with van der Waals surface area (Å²) in [4.78, 5) is 1.09. The van der Waals surface area contributed by atoms with Gasteiger partial charge in [-0.05, 0) is 32.9 Å². The molecular formula is C10H13IOS. The molecule has 0 unspecified atom stereocenters. The molecule has 72 valence electrons. The van der Waals surface area contributed by atoms with E-state index in [0.717, 1.165) is 0 Å². The lowest BCUT2D eigenvalue weighted by Gasteiger charge is -2.20. The van der Waals surface area contributed by atoms with E-state index in [1.54, 1.807) is 11.8 Å². The van der Waals surface area contributed by atoms with Crippen LogP contribution in [0.3, 0.4) is 0 Å². The van der Waals surface area contributed by atoms with Gasteiger partial charge in [-0.3, -0.25) is 3.07 Å². The minimum Gasteiger partial charge on any atom is -0.298 e. The third-order valence-electron chi connectivity index (χ3n) is 1.54. The van der Waals surface area contributed by atoms with E-state index in [0.29, 0.717) is 0 Å². The van der Waals surface area contributed by atoms with Gasteiger partial charge in [-0.25, -0.2) is 0 Å². The van der Waals surface area contributed by atoms with Crippen LogP contribution in [0, 0.1) is 6.92 Å². The van der Waals surface area contributed by atoms with Gasteiger partial charge in [0.05, 0.1) is 0 Å². The standard InChI is InChI=1S/C10H13IOS/c1-8-5-4-6-9(7-8)13-10(2,3)12-11/h4-7H,1-3H3. The van der Waals surface area contributed by atoms with Crippen molar-refractivity contribution in [1.82, 2.24) is 0 Å². The average molecular weight is 308 g/mol. The number of benzene rings is 1. The summed E-state index contributed by atoms with van der Waals surface area (Å²) in [5, 5.41) is 0. The lowest BCUT2D eigenvalue weighted by Crippen LogP contribution is -2.13. The molecule has 0 atom stereocenters. The van der Waals surface area contributed by atoms with Gasteiger partial charge in [0, 0.05) is 4.90 Å². The van der Waals surface area contributed by atoms with Crippen molar-refractivity contribution in [3.63, 3.8) is 0 Å². The lowest BCUT2D eigenvalue weighted by atomic mass is 10.2. The van der Waals surface area contributed by atoms with Crippen LogP contribution in [0.2, 0.25) is 0 Å². The summed E-state index contributed by atoms with van der Waals surface area (Å²) in [7, 11) is 0. The van der Waals surface area contributed by atoms with Crippen LogP contribution < -0.4 is 0 Å². The topological polar surface area (TPSA) is 9.23 Å². The highest BCUT2D eigenvalue weighted by molar-refractivity contribution is 14.1. The molecule has 0 heterocycles. The molecular weight excluding hydrogens is 295 g/mol. The normalized spacial score (nSPS) is 11.7. The van der Waals surface area contributed by atoms with Crippen molar-refractivity contribution in [2.75, 3.05) is 0 Å². The Hall–Kier alpha value is 0.260. The predicted octanol–water partition coefficient (Wildman–Crippen LogP) is 4.19. The number of rotatable bonds is 3. The van der Waals surface area contributed by atoms with Crippen molar-refractivity contribution < 1.29 is 3.07 Å². The third kappa shape index (κ3) is 3.87. The minimum absolute atomic E-state index is 0.158. The Kier molecular flexibility index (Phi) is 4.06. The van der Waals surface area contributed by atoms with Crippen LogP contribution in [0.4, 0.5) is 0 Å². The molecule has 1 aromatic rings.